The molecule has 4 heterocycles. The van der Waals surface area contributed by atoms with E-state index in [9.17, 15) is 0 Å². The Morgan fingerprint density at radius 1 is 0.396 bits per heavy atom. The van der Waals surface area contributed by atoms with E-state index in [1.165, 1.54) is 5.39 Å². The minimum atomic E-state index is 0.656. The van der Waals surface area contributed by atoms with Crippen LogP contribution in [0.5, 0.6) is 0 Å². The van der Waals surface area contributed by atoms with Crippen LogP contribution in [0.2, 0.25) is 0 Å². The molecular weight excluding hydrogens is 587 g/mol. The van der Waals surface area contributed by atoms with Crippen LogP contribution in [-0.2, 0) is 0 Å². The zero-order valence-electron chi connectivity index (χ0n) is 25.8. The second-order valence-corrected chi connectivity index (χ2v) is 12.1. The molecular formula is C43H27N5. The maximum atomic E-state index is 5.22. The molecule has 0 aliphatic carbocycles. The van der Waals surface area contributed by atoms with Crippen molar-refractivity contribution in [3.63, 3.8) is 0 Å². The van der Waals surface area contributed by atoms with Crippen LogP contribution in [0.3, 0.4) is 0 Å². The molecule has 224 valence electrons. The van der Waals surface area contributed by atoms with Crippen molar-refractivity contribution in [2.45, 2.75) is 0 Å². The van der Waals surface area contributed by atoms with Crippen LogP contribution in [0.4, 0.5) is 0 Å². The molecule has 0 bridgehead atoms. The van der Waals surface area contributed by atoms with Crippen LogP contribution < -0.4 is 0 Å². The summed E-state index contributed by atoms with van der Waals surface area (Å²) in [6.07, 6.45) is 2.00. The van der Waals surface area contributed by atoms with Crippen molar-refractivity contribution in [2.75, 3.05) is 0 Å². The molecule has 10 aromatic rings. The van der Waals surface area contributed by atoms with E-state index in [0.29, 0.717) is 5.95 Å². The SMILES string of the molecule is c1ccc(-c2nc(-n3c4ccccc4c4cc(-c5cnc6c(c5)c5ccccc5n6-c5ccccc5)ccc43)nc3ccccc23)cc1. The van der Waals surface area contributed by atoms with Crippen molar-refractivity contribution < 1.29 is 0 Å². The molecule has 0 atom stereocenters. The van der Waals surface area contributed by atoms with Crippen LogP contribution in [0.1, 0.15) is 0 Å². The van der Waals surface area contributed by atoms with E-state index in [1.54, 1.807) is 0 Å². The lowest BCUT2D eigenvalue weighted by Crippen LogP contribution is -2.03. The van der Waals surface area contributed by atoms with Gasteiger partial charge in [0, 0.05) is 49.9 Å². The summed E-state index contributed by atoms with van der Waals surface area (Å²) in [5.74, 6) is 0.656. The average molecular weight is 614 g/mol. The fourth-order valence-electron chi connectivity index (χ4n) is 7.19. The van der Waals surface area contributed by atoms with Gasteiger partial charge in [-0.15, -0.1) is 0 Å². The lowest BCUT2D eigenvalue weighted by molar-refractivity contribution is 1.01. The van der Waals surface area contributed by atoms with Crippen molar-refractivity contribution in [3.8, 4) is 34.0 Å². The summed E-state index contributed by atoms with van der Waals surface area (Å²) in [5.41, 5.74) is 10.4. The van der Waals surface area contributed by atoms with E-state index in [2.05, 4.69) is 143 Å². The van der Waals surface area contributed by atoms with Gasteiger partial charge in [-0.1, -0.05) is 109 Å². The summed E-state index contributed by atoms with van der Waals surface area (Å²) in [7, 11) is 0. The molecule has 4 aromatic heterocycles. The summed E-state index contributed by atoms with van der Waals surface area (Å²) >= 11 is 0. The van der Waals surface area contributed by atoms with Gasteiger partial charge in [0.1, 0.15) is 5.65 Å². The standard InChI is InChI=1S/C43H27N5/c1-3-13-28(14-4-1)41-34-19-7-10-20-37(34)45-43(46-41)48-39-22-12-8-17-32(39)35-25-29(23-24-40(35)48)30-26-36-33-18-9-11-21-38(33)47(42(36)44-27-30)31-15-5-2-6-16-31/h1-27H. The number of hydrogen-bond donors (Lipinski definition) is 0. The van der Waals surface area contributed by atoms with Gasteiger partial charge in [-0.3, -0.25) is 9.13 Å². The van der Waals surface area contributed by atoms with Gasteiger partial charge in [0.15, 0.2) is 0 Å². The molecule has 0 amide bonds. The first-order valence-electron chi connectivity index (χ1n) is 16.1. The molecule has 0 saturated carbocycles. The van der Waals surface area contributed by atoms with Crippen molar-refractivity contribution in [1.29, 1.82) is 0 Å². The Labute approximate surface area is 276 Å². The number of benzene rings is 6. The third kappa shape index (κ3) is 4.01. The summed E-state index contributed by atoms with van der Waals surface area (Å²) in [4.78, 5) is 15.4. The minimum absolute atomic E-state index is 0.656. The van der Waals surface area contributed by atoms with Gasteiger partial charge in [-0.2, -0.15) is 0 Å². The lowest BCUT2D eigenvalue weighted by Gasteiger charge is -2.12. The fraction of sp³-hybridized carbons (Fsp3) is 0. The predicted octanol–water partition coefficient (Wildman–Crippen LogP) is 10.6. The second-order valence-electron chi connectivity index (χ2n) is 12.1. The van der Waals surface area contributed by atoms with Gasteiger partial charge < -0.3 is 0 Å². The maximum Gasteiger partial charge on any atom is 0.235 e. The fourth-order valence-corrected chi connectivity index (χ4v) is 7.19. The molecule has 10 rings (SSSR count). The summed E-state index contributed by atoms with van der Waals surface area (Å²) in [6.45, 7) is 0. The normalized spacial score (nSPS) is 11.8. The number of pyridine rings is 1. The molecule has 0 radical (unpaired) electrons. The van der Waals surface area contributed by atoms with E-state index >= 15 is 0 Å². The van der Waals surface area contributed by atoms with E-state index in [-0.39, 0.29) is 0 Å². The topological polar surface area (TPSA) is 48.5 Å². The molecule has 0 aliphatic rings. The number of rotatable bonds is 4. The zero-order valence-corrected chi connectivity index (χ0v) is 25.8. The van der Waals surface area contributed by atoms with E-state index in [1.807, 2.05) is 30.5 Å². The van der Waals surface area contributed by atoms with Crippen molar-refractivity contribution >= 4 is 54.6 Å². The molecule has 0 saturated heterocycles. The molecule has 0 aliphatic heterocycles. The van der Waals surface area contributed by atoms with Crippen LogP contribution in [0.15, 0.2) is 164 Å². The van der Waals surface area contributed by atoms with Crippen LogP contribution >= 0.6 is 0 Å². The highest BCUT2D eigenvalue weighted by Gasteiger charge is 2.19. The number of fused-ring (bicyclic) bond motifs is 7. The molecule has 5 nitrogen and oxygen atoms in total. The third-order valence-electron chi connectivity index (χ3n) is 9.37. The van der Waals surface area contributed by atoms with Crippen molar-refractivity contribution in [2.24, 2.45) is 0 Å². The predicted molar refractivity (Wildman–Crippen MR) is 197 cm³/mol. The molecule has 48 heavy (non-hydrogen) atoms. The smallest absolute Gasteiger partial charge is 0.235 e. The monoisotopic (exact) mass is 613 g/mol. The molecule has 0 unspecified atom stereocenters. The Hall–Kier alpha value is -6.59. The number of para-hydroxylation sites is 4. The van der Waals surface area contributed by atoms with Crippen molar-refractivity contribution in [3.05, 3.63) is 164 Å². The summed E-state index contributed by atoms with van der Waals surface area (Å²) in [5, 5.41) is 5.65. The van der Waals surface area contributed by atoms with Crippen LogP contribution in [0.25, 0.3) is 88.7 Å². The molecule has 0 N–H and O–H groups in total. The Morgan fingerprint density at radius 2 is 1.00 bits per heavy atom. The Bertz CT molecular complexity index is 2830. The summed E-state index contributed by atoms with van der Waals surface area (Å²) in [6, 6.07) is 55.1. The van der Waals surface area contributed by atoms with E-state index in [4.69, 9.17) is 15.0 Å². The zero-order chi connectivity index (χ0) is 31.6. The van der Waals surface area contributed by atoms with Gasteiger partial charge in [0.2, 0.25) is 5.95 Å². The number of nitrogens with zero attached hydrogens (tertiary/aromatic N) is 5. The largest absolute Gasteiger partial charge is 0.294 e. The highest BCUT2D eigenvalue weighted by atomic mass is 15.2. The van der Waals surface area contributed by atoms with Crippen molar-refractivity contribution in [1.82, 2.24) is 24.1 Å². The quantitative estimate of drug-likeness (QED) is 0.198. The maximum absolute atomic E-state index is 5.22. The van der Waals surface area contributed by atoms with Gasteiger partial charge >= 0.3 is 0 Å². The highest BCUT2D eigenvalue weighted by molar-refractivity contribution is 6.12. The molecule has 6 aromatic carbocycles. The molecule has 5 heteroatoms. The molecule has 0 spiro atoms. The van der Waals surface area contributed by atoms with Gasteiger partial charge in [-0.05, 0) is 54.1 Å². The summed E-state index contributed by atoms with van der Waals surface area (Å²) < 4.78 is 4.45. The minimum Gasteiger partial charge on any atom is -0.294 e. The average Bonchev–Trinajstić information content (AvgIpc) is 3.67. The Kier molecular flexibility index (Phi) is 5.81. The highest BCUT2D eigenvalue weighted by Crippen LogP contribution is 2.38. The first-order chi connectivity index (χ1) is 23.8. The van der Waals surface area contributed by atoms with Gasteiger partial charge in [0.25, 0.3) is 0 Å². The molecule has 0 fully saturated rings. The Morgan fingerprint density at radius 3 is 1.79 bits per heavy atom. The van der Waals surface area contributed by atoms with Gasteiger partial charge in [0.05, 0.1) is 27.8 Å². The lowest BCUT2D eigenvalue weighted by atomic mass is 10.0. The van der Waals surface area contributed by atoms with Crippen LogP contribution in [-0.4, -0.2) is 24.1 Å². The second kappa shape index (κ2) is 10.5. The third-order valence-corrected chi connectivity index (χ3v) is 9.37. The van der Waals surface area contributed by atoms with Crippen LogP contribution in [0, 0.1) is 0 Å². The Balaban J connectivity index is 1.18. The first-order valence-corrected chi connectivity index (χ1v) is 16.1. The van der Waals surface area contributed by atoms with E-state index < -0.39 is 0 Å². The first kappa shape index (κ1) is 26.6. The number of aromatic nitrogens is 5. The number of hydrogen-bond acceptors (Lipinski definition) is 3. The van der Waals surface area contributed by atoms with Gasteiger partial charge in [-0.25, -0.2) is 15.0 Å². The van der Waals surface area contributed by atoms with E-state index in [0.717, 1.165) is 77.3 Å².